The summed E-state index contributed by atoms with van der Waals surface area (Å²) >= 11 is 1.30. The van der Waals surface area contributed by atoms with Crippen LogP contribution in [0.1, 0.15) is 25.7 Å². The smallest absolute Gasteiger partial charge is 0.234 e. The maximum atomic E-state index is 12.4. The first-order chi connectivity index (χ1) is 14.1. The second-order valence-corrected chi connectivity index (χ2v) is 8.54. The topological polar surface area (TPSA) is 99.3 Å². The summed E-state index contributed by atoms with van der Waals surface area (Å²) < 4.78 is 0. The molecule has 2 atom stereocenters. The molecule has 0 aromatic heterocycles. The third kappa shape index (κ3) is 5.48. The van der Waals surface area contributed by atoms with Crippen molar-refractivity contribution in [3.8, 4) is 0 Å². The van der Waals surface area contributed by atoms with E-state index < -0.39 is 5.50 Å². The lowest BCUT2D eigenvalue weighted by Crippen LogP contribution is -2.56. The van der Waals surface area contributed by atoms with Crippen molar-refractivity contribution in [2.45, 2.75) is 43.3 Å². The maximum absolute atomic E-state index is 12.4. The van der Waals surface area contributed by atoms with Gasteiger partial charge in [0.2, 0.25) is 17.7 Å². The number of hydrogen-bond acceptors (Lipinski definition) is 5. The van der Waals surface area contributed by atoms with Crippen LogP contribution in [-0.4, -0.2) is 41.1 Å². The van der Waals surface area contributed by atoms with Gasteiger partial charge in [-0.3, -0.25) is 19.7 Å². The summed E-state index contributed by atoms with van der Waals surface area (Å²) in [7, 11) is 0. The van der Waals surface area contributed by atoms with Crippen LogP contribution in [0.25, 0.3) is 10.8 Å². The standard InChI is InChI=1S/C21H24N4O3S/c26-18(22-14-8-9-14)10-15-11-19(27)25-21(23-15)29-12-20(28)24-17-7-3-5-13-4-1-2-6-16(13)17/h1-7,14-15,21,23H,8-12H2,(H,22,26)(H,24,28)(H,25,27). The van der Waals surface area contributed by atoms with Crippen LogP contribution in [0.4, 0.5) is 5.69 Å². The second kappa shape index (κ2) is 8.84. The fraction of sp³-hybridized carbons (Fsp3) is 0.381. The van der Waals surface area contributed by atoms with Gasteiger partial charge in [-0.15, -0.1) is 11.8 Å². The number of amides is 3. The number of hydrogen-bond donors (Lipinski definition) is 4. The van der Waals surface area contributed by atoms with Crippen molar-refractivity contribution in [2.75, 3.05) is 11.1 Å². The van der Waals surface area contributed by atoms with Crippen LogP contribution in [0.2, 0.25) is 0 Å². The molecule has 8 heteroatoms. The van der Waals surface area contributed by atoms with E-state index in [0.717, 1.165) is 29.3 Å². The van der Waals surface area contributed by atoms with Gasteiger partial charge in [-0.25, -0.2) is 0 Å². The van der Waals surface area contributed by atoms with Gasteiger partial charge in [-0.2, -0.15) is 0 Å². The van der Waals surface area contributed by atoms with Crippen molar-refractivity contribution in [3.63, 3.8) is 0 Å². The third-order valence-corrected chi connectivity index (χ3v) is 5.95. The maximum Gasteiger partial charge on any atom is 0.234 e. The fourth-order valence-electron chi connectivity index (χ4n) is 3.38. The molecule has 152 valence electrons. The molecule has 29 heavy (non-hydrogen) atoms. The Labute approximate surface area is 173 Å². The molecule has 7 nitrogen and oxygen atoms in total. The first-order valence-corrected chi connectivity index (χ1v) is 10.9. The van der Waals surface area contributed by atoms with E-state index in [0.29, 0.717) is 6.04 Å². The Morgan fingerprint density at radius 3 is 2.69 bits per heavy atom. The fourth-order valence-corrected chi connectivity index (χ4v) is 4.28. The van der Waals surface area contributed by atoms with Crippen molar-refractivity contribution in [1.82, 2.24) is 16.0 Å². The Morgan fingerprint density at radius 2 is 1.86 bits per heavy atom. The predicted octanol–water partition coefficient (Wildman–Crippen LogP) is 1.94. The zero-order valence-electron chi connectivity index (χ0n) is 15.9. The summed E-state index contributed by atoms with van der Waals surface area (Å²) in [5.74, 6) is -0.101. The molecule has 4 N–H and O–H groups in total. The van der Waals surface area contributed by atoms with Crippen molar-refractivity contribution in [2.24, 2.45) is 0 Å². The monoisotopic (exact) mass is 412 g/mol. The lowest BCUT2D eigenvalue weighted by atomic mass is 10.1. The molecular weight excluding hydrogens is 388 g/mol. The quantitative estimate of drug-likeness (QED) is 0.557. The molecule has 1 aliphatic heterocycles. The minimum Gasteiger partial charge on any atom is -0.353 e. The van der Waals surface area contributed by atoms with Gasteiger partial charge in [-0.1, -0.05) is 36.4 Å². The van der Waals surface area contributed by atoms with Gasteiger partial charge in [0.05, 0.1) is 5.75 Å². The highest BCUT2D eigenvalue weighted by Crippen LogP contribution is 2.23. The second-order valence-electron chi connectivity index (χ2n) is 7.45. The van der Waals surface area contributed by atoms with E-state index >= 15 is 0 Å². The number of carbonyl (C=O) groups is 3. The molecule has 1 saturated heterocycles. The van der Waals surface area contributed by atoms with E-state index in [1.165, 1.54) is 11.8 Å². The molecule has 2 aromatic carbocycles. The van der Waals surface area contributed by atoms with Crippen LogP contribution in [0.3, 0.4) is 0 Å². The molecule has 1 aliphatic carbocycles. The average Bonchev–Trinajstić information content (AvgIpc) is 3.50. The van der Waals surface area contributed by atoms with E-state index in [4.69, 9.17) is 0 Å². The Morgan fingerprint density at radius 1 is 1.07 bits per heavy atom. The number of carbonyl (C=O) groups excluding carboxylic acids is 3. The molecule has 0 radical (unpaired) electrons. The van der Waals surface area contributed by atoms with Crippen LogP contribution in [-0.2, 0) is 14.4 Å². The summed E-state index contributed by atoms with van der Waals surface area (Å²) in [6.45, 7) is 0. The van der Waals surface area contributed by atoms with Crippen LogP contribution in [0.15, 0.2) is 42.5 Å². The van der Waals surface area contributed by atoms with Crippen molar-refractivity contribution < 1.29 is 14.4 Å². The summed E-state index contributed by atoms with van der Waals surface area (Å²) in [5, 5.41) is 14.0. The van der Waals surface area contributed by atoms with Gasteiger partial charge in [-0.05, 0) is 24.3 Å². The largest absolute Gasteiger partial charge is 0.353 e. The highest BCUT2D eigenvalue weighted by atomic mass is 32.2. The van der Waals surface area contributed by atoms with E-state index in [-0.39, 0.29) is 42.4 Å². The van der Waals surface area contributed by atoms with Crippen molar-refractivity contribution in [1.29, 1.82) is 0 Å². The molecule has 1 heterocycles. The van der Waals surface area contributed by atoms with Crippen LogP contribution < -0.4 is 21.3 Å². The Hall–Kier alpha value is -2.58. The van der Waals surface area contributed by atoms with E-state index in [2.05, 4.69) is 21.3 Å². The highest BCUT2D eigenvalue weighted by molar-refractivity contribution is 8.00. The van der Waals surface area contributed by atoms with Crippen LogP contribution in [0.5, 0.6) is 0 Å². The van der Waals surface area contributed by atoms with Gasteiger partial charge >= 0.3 is 0 Å². The van der Waals surface area contributed by atoms with Crippen molar-refractivity contribution >= 4 is 45.9 Å². The minimum atomic E-state index is -0.395. The molecule has 0 bridgehead atoms. The first kappa shape index (κ1) is 19.7. The number of nitrogens with one attached hydrogen (secondary N) is 4. The number of anilines is 1. The minimum absolute atomic E-state index is 0.0304. The number of benzene rings is 2. The molecule has 2 unspecified atom stereocenters. The average molecular weight is 413 g/mol. The summed E-state index contributed by atoms with van der Waals surface area (Å²) in [5.41, 5.74) is 0.372. The molecule has 2 fully saturated rings. The predicted molar refractivity (Wildman–Crippen MR) is 114 cm³/mol. The Balaban J connectivity index is 1.28. The normalized spacial score (nSPS) is 21.4. The third-order valence-electron chi connectivity index (χ3n) is 4.93. The molecule has 2 aromatic rings. The molecule has 4 rings (SSSR count). The van der Waals surface area contributed by atoms with E-state index in [9.17, 15) is 14.4 Å². The van der Waals surface area contributed by atoms with Gasteiger partial charge in [0.15, 0.2) is 0 Å². The molecule has 2 aliphatic rings. The van der Waals surface area contributed by atoms with E-state index in [1.54, 1.807) is 0 Å². The summed E-state index contributed by atoms with van der Waals surface area (Å²) in [4.78, 5) is 36.4. The zero-order chi connectivity index (χ0) is 20.2. The number of thioether (sulfide) groups is 1. The summed E-state index contributed by atoms with van der Waals surface area (Å²) in [6, 6.07) is 13.7. The highest BCUT2D eigenvalue weighted by Gasteiger charge is 2.30. The molecule has 1 saturated carbocycles. The van der Waals surface area contributed by atoms with Gasteiger partial charge in [0.25, 0.3) is 0 Å². The number of fused-ring (bicyclic) bond motifs is 1. The zero-order valence-corrected chi connectivity index (χ0v) is 16.8. The SMILES string of the molecule is O=C(CSC1NC(=O)CC(CC(=O)NC2CC2)N1)Nc1cccc2ccccc12. The lowest BCUT2D eigenvalue weighted by Gasteiger charge is -2.30. The van der Waals surface area contributed by atoms with Gasteiger partial charge in [0, 0.05) is 36.0 Å². The Kier molecular flexibility index (Phi) is 6.01. The van der Waals surface area contributed by atoms with Crippen LogP contribution in [0, 0.1) is 0 Å². The summed E-state index contributed by atoms with van der Waals surface area (Å²) in [6.07, 6.45) is 2.60. The number of rotatable bonds is 7. The van der Waals surface area contributed by atoms with Crippen molar-refractivity contribution in [3.05, 3.63) is 42.5 Å². The molecule has 0 spiro atoms. The molecule has 3 amide bonds. The van der Waals surface area contributed by atoms with E-state index in [1.807, 2.05) is 42.5 Å². The lowest BCUT2D eigenvalue weighted by molar-refractivity contribution is -0.125. The first-order valence-electron chi connectivity index (χ1n) is 9.81. The van der Waals surface area contributed by atoms with Crippen LogP contribution >= 0.6 is 11.8 Å². The Bertz CT molecular complexity index is 926. The van der Waals surface area contributed by atoms with Gasteiger partial charge in [0.1, 0.15) is 5.50 Å². The molecular formula is C21H24N4O3S. The van der Waals surface area contributed by atoms with Gasteiger partial charge < -0.3 is 16.0 Å².